The number of carbonyl (C=O) groups excluding carboxylic acids is 1. The predicted octanol–water partition coefficient (Wildman–Crippen LogP) is 2.37. The summed E-state index contributed by atoms with van der Waals surface area (Å²) in [5.74, 6) is 0.570. The molecule has 4 heteroatoms. The van der Waals surface area contributed by atoms with Gasteiger partial charge in [-0.15, -0.1) is 0 Å². The molecule has 0 aliphatic rings. The van der Waals surface area contributed by atoms with Crippen LogP contribution in [-0.4, -0.2) is 30.3 Å². The van der Waals surface area contributed by atoms with Crippen molar-refractivity contribution in [3.8, 4) is 5.75 Å². The number of hydrogen-bond donors (Lipinski definition) is 2. The molecule has 0 saturated carbocycles. The SMILES string of the molecule is CC(Oc1ccccc1)C(=O)NCC(C)(C)CCCO. The van der Waals surface area contributed by atoms with Crippen LogP contribution in [0.4, 0.5) is 0 Å². The van der Waals surface area contributed by atoms with Crippen molar-refractivity contribution >= 4 is 5.91 Å². The Morgan fingerprint density at radius 3 is 2.60 bits per heavy atom. The summed E-state index contributed by atoms with van der Waals surface area (Å²) >= 11 is 0. The van der Waals surface area contributed by atoms with Crippen molar-refractivity contribution < 1.29 is 14.6 Å². The Hall–Kier alpha value is -1.55. The number of benzene rings is 1. The van der Waals surface area contributed by atoms with Gasteiger partial charge in [0.25, 0.3) is 5.91 Å². The lowest BCUT2D eigenvalue weighted by atomic mass is 9.88. The van der Waals surface area contributed by atoms with Crippen LogP contribution in [0.15, 0.2) is 30.3 Å². The highest BCUT2D eigenvalue weighted by molar-refractivity contribution is 5.80. The second-order valence-electron chi connectivity index (χ2n) is 5.78. The Balaban J connectivity index is 2.38. The van der Waals surface area contributed by atoms with Gasteiger partial charge in [0, 0.05) is 13.2 Å². The summed E-state index contributed by atoms with van der Waals surface area (Å²) in [5.41, 5.74) is -0.0230. The molecule has 1 amide bonds. The molecule has 2 N–H and O–H groups in total. The van der Waals surface area contributed by atoms with Crippen molar-refractivity contribution in [2.24, 2.45) is 5.41 Å². The first-order valence-corrected chi connectivity index (χ1v) is 7.05. The first-order valence-electron chi connectivity index (χ1n) is 7.05. The van der Waals surface area contributed by atoms with Gasteiger partial charge in [0.2, 0.25) is 0 Å². The van der Waals surface area contributed by atoms with Gasteiger partial charge in [0.15, 0.2) is 6.10 Å². The van der Waals surface area contributed by atoms with E-state index in [1.807, 2.05) is 30.3 Å². The van der Waals surface area contributed by atoms with Gasteiger partial charge in [-0.25, -0.2) is 0 Å². The van der Waals surface area contributed by atoms with Crippen LogP contribution in [0.2, 0.25) is 0 Å². The lowest BCUT2D eigenvalue weighted by molar-refractivity contribution is -0.127. The molecule has 0 radical (unpaired) electrons. The van der Waals surface area contributed by atoms with E-state index in [9.17, 15) is 4.79 Å². The van der Waals surface area contributed by atoms with Crippen LogP contribution >= 0.6 is 0 Å². The summed E-state index contributed by atoms with van der Waals surface area (Å²) in [6.45, 7) is 6.65. The molecule has 0 saturated heterocycles. The minimum atomic E-state index is -0.522. The van der Waals surface area contributed by atoms with Gasteiger partial charge in [-0.05, 0) is 37.3 Å². The van der Waals surface area contributed by atoms with E-state index in [0.717, 1.165) is 12.8 Å². The van der Waals surface area contributed by atoms with E-state index in [4.69, 9.17) is 9.84 Å². The van der Waals surface area contributed by atoms with E-state index in [1.54, 1.807) is 6.92 Å². The average Bonchev–Trinajstić information content (AvgIpc) is 2.44. The normalized spacial score (nSPS) is 12.8. The number of hydrogen-bond acceptors (Lipinski definition) is 3. The van der Waals surface area contributed by atoms with Gasteiger partial charge in [-0.3, -0.25) is 4.79 Å². The summed E-state index contributed by atoms with van der Waals surface area (Å²) in [6.07, 6.45) is 1.10. The molecule has 0 spiro atoms. The molecule has 1 atom stereocenters. The van der Waals surface area contributed by atoms with Gasteiger partial charge >= 0.3 is 0 Å². The van der Waals surface area contributed by atoms with Crippen LogP contribution in [0, 0.1) is 5.41 Å². The fourth-order valence-corrected chi connectivity index (χ4v) is 1.87. The minimum absolute atomic E-state index is 0.0230. The number of nitrogens with one attached hydrogen (secondary N) is 1. The smallest absolute Gasteiger partial charge is 0.260 e. The lowest BCUT2D eigenvalue weighted by Gasteiger charge is -2.25. The van der Waals surface area contributed by atoms with Gasteiger partial charge in [0.1, 0.15) is 5.75 Å². The van der Waals surface area contributed by atoms with Gasteiger partial charge in [0.05, 0.1) is 0 Å². The summed E-state index contributed by atoms with van der Waals surface area (Å²) in [6, 6.07) is 9.31. The van der Waals surface area contributed by atoms with Crippen molar-refractivity contribution in [2.75, 3.05) is 13.2 Å². The summed E-state index contributed by atoms with van der Waals surface area (Å²) in [5, 5.41) is 11.8. The number of carbonyl (C=O) groups is 1. The topological polar surface area (TPSA) is 58.6 Å². The molecule has 0 heterocycles. The van der Waals surface area contributed by atoms with E-state index in [-0.39, 0.29) is 17.9 Å². The first kappa shape index (κ1) is 16.5. The lowest BCUT2D eigenvalue weighted by Crippen LogP contribution is -2.41. The third-order valence-corrected chi connectivity index (χ3v) is 3.18. The van der Waals surface area contributed by atoms with Crippen LogP contribution < -0.4 is 10.1 Å². The second-order valence-corrected chi connectivity index (χ2v) is 5.78. The molecular formula is C16H25NO3. The molecule has 1 unspecified atom stereocenters. The number of para-hydroxylation sites is 1. The zero-order chi connectivity index (χ0) is 15.0. The Bertz CT molecular complexity index is 403. The van der Waals surface area contributed by atoms with Crippen molar-refractivity contribution in [1.82, 2.24) is 5.32 Å². The largest absolute Gasteiger partial charge is 0.481 e. The maximum Gasteiger partial charge on any atom is 0.260 e. The van der Waals surface area contributed by atoms with Gasteiger partial charge in [-0.2, -0.15) is 0 Å². The average molecular weight is 279 g/mol. The molecule has 1 aromatic carbocycles. The maximum absolute atomic E-state index is 12.0. The van der Waals surface area contributed by atoms with Gasteiger partial charge < -0.3 is 15.2 Å². The van der Waals surface area contributed by atoms with E-state index in [0.29, 0.717) is 12.3 Å². The number of aliphatic hydroxyl groups excluding tert-OH is 1. The van der Waals surface area contributed by atoms with Crippen molar-refractivity contribution in [2.45, 2.75) is 39.7 Å². The van der Waals surface area contributed by atoms with Crippen LogP contribution in [-0.2, 0) is 4.79 Å². The third kappa shape index (κ3) is 6.06. The fraction of sp³-hybridized carbons (Fsp3) is 0.562. The molecule has 0 aliphatic carbocycles. The molecule has 1 aromatic rings. The molecular weight excluding hydrogens is 254 g/mol. The zero-order valence-electron chi connectivity index (χ0n) is 12.6. The Morgan fingerprint density at radius 2 is 2.00 bits per heavy atom. The molecule has 0 aromatic heterocycles. The minimum Gasteiger partial charge on any atom is -0.481 e. The highest BCUT2D eigenvalue weighted by Crippen LogP contribution is 2.20. The predicted molar refractivity (Wildman–Crippen MR) is 79.6 cm³/mol. The summed E-state index contributed by atoms with van der Waals surface area (Å²) in [7, 11) is 0. The molecule has 4 nitrogen and oxygen atoms in total. The zero-order valence-corrected chi connectivity index (χ0v) is 12.6. The van der Waals surface area contributed by atoms with E-state index < -0.39 is 6.10 Å². The highest BCUT2D eigenvalue weighted by Gasteiger charge is 2.21. The molecule has 112 valence electrons. The number of aliphatic hydroxyl groups is 1. The monoisotopic (exact) mass is 279 g/mol. The van der Waals surface area contributed by atoms with Gasteiger partial charge in [-0.1, -0.05) is 32.0 Å². The van der Waals surface area contributed by atoms with E-state index in [1.165, 1.54) is 0 Å². The molecule has 0 aliphatic heterocycles. The van der Waals surface area contributed by atoms with Crippen LogP contribution in [0.5, 0.6) is 5.75 Å². The summed E-state index contributed by atoms with van der Waals surface area (Å²) in [4.78, 5) is 12.0. The van der Waals surface area contributed by atoms with E-state index >= 15 is 0 Å². The number of ether oxygens (including phenoxy) is 1. The fourth-order valence-electron chi connectivity index (χ4n) is 1.87. The van der Waals surface area contributed by atoms with Crippen LogP contribution in [0.3, 0.4) is 0 Å². The number of amides is 1. The Labute approximate surface area is 121 Å². The highest BCUT2D eigenvalue weighted by atomic mass is 16.5. The Kier molecular flexibility index (Phi) is 6.52. The maximum atomic E-state index is 12.0. The first-order chi connectivity index (χ1) is 9.44. The Morgan fingerprint density at radius 1 is 1.35 bits per heavy atom. The van der Waals surface area contributed by atoms with Crippen molar-refractivity contribution in [3.05, 3.63) is 30.3 Å². The second kappa shape index (κ2) is 7.90. The van der Waals surface area contributed by atoms with E-state index in [2.05, 4.69) is 19.2 Å². The van der Waals surface area contributed by atoms with Crippen LogP contribution in [0.1, 0.15) is 33.6 Å². The van der Waals surface area contributed by atoms with Crippen molar-refractivity contribution in [1.29, 1.82) is 0 Å². The standard InChI is InChI=1S/C16H25NO3/c1-13(20-14-8-5-4-6-9-14)15(19)17-12-16(2,3)10-7-11-18/h4-6,8-9,13,18H,7,10-12H2,1-3H3,(H,17,19). The summed E-state index contributed by atoms with van der Waals surface area (Å²) < 4.78 is 5.57. The molecule has 20 heavy (non-hydrogen) atoms. The van der Waals surface area contributed by atoms with Crippen LogP contribution in [0.25, 0.3) is 0 Å². The van der Waals surface area contributed by atoms with Crippen molar-refractivity contribution in [3.63, 3.8) is 0 Å². The molecule has 0 fully saturated rings. The third-order valence-electron chi connectivity index (χ3n) is 3.18. The number of rotatable bonds is 8. The quantitative estimate of drug-likeness (QED) is 0.768. The molecule has 1 rings (SSSR count). The molecule has 0 bridgehead atoms.